The topological polar surface area (TPSA) is 67.8 Å². The first-order valence-electron chi connectivity index (χ1n) is 5.36. The number of nitrogens with one attached hydrogen (secondary N) is 1. The van der Waals surface area contributed by atoms with Crippen molar-refractivity contribution in [2.24, 2.45) is 0 Å². The third-order valence-corrected chi connectivity index (χ3v) is 3.81. The minimum atomic E-state index is -0.222. The maximum atomic E-state index is 11.8. The monoisotopic (exact) mass is 280 g/mol. The number of carbonyl (C=O) groups excluding carboxylic acids is 1. The maximum Gasteiger partial charge on any atom is 0.259 e. The number of hydrogen-bond acceptors (Lipinski definition) is 6. The second-order valence-corrected chi connectivity index (χ2v) is 6.54. The molecule has 1 amide bonds. The summed E-state index contributed by atoms with van der Waals surface area (Å²) in [5.41, 5.74) is 0.505. The lowest BCUT2D eigenvalue weighted by molar-refractivity contribution is 0.102. The van der Waals surface area contributed by atoms with Gasteiger partial charge in [-0.05, 0) is 12.1 Å². The van der Waals surface area contributed by atoms with E-state index in [0.717, 1.165) is 4.34 Å². The fourth-order valence-corrected chi connectivity index (χ4v) is 3.15. The van der Waals surface area contributed by atoms with Crippen molar-refractivity contribution in [2.45, 2.75) is 23.4 Å². The molecule has 2 heterocycles. The Morgan fingerprint density at radius 2 is 2.28 bits per heavy atom. The van der Waals surface area contributed by atoms with Gasteiger partial charge in [0.2, 0.25) is 5.13 Å². The Hall–Kier alpha value is -1.47. The Bertz CT molecular complexity index is 527. The molecule has 0 bridgehead atoms. The zero-order valence-corrected chi connectivity index (χ0v) is 11.6. The number of carbonyl (C=O) groups is 1. The lowest BCUT2D eigenvalue weighted by Crippen LogP contribution is -2.11. The Labute approximate surface area is 113 Å². The lowest BCUT2D eigenvalue weighted by atomic mass is 10.3. The molecule has 0 radical (unpaired) electrons. The number of aromatic nitrogens is 3. The molecule has 0 unspecified atom stereocenters. The van der Waals surface area contributed by atoms with Gasteiger partial charge in [0.1, 0.15) is 0 Å². The van der Waals surface area contributed by atoms with Crippen molar-refractivity contribution in [2.75, 3.05) is 5.32 Å². The third-order valence-electron chi connectivity index (χ3n) is 1.89. The average molecular weight is 280 g/mol. The van der Waals surface area contributed by atoms with Gasteiger partial charge in [0.25, 0.3) is 5.91 Å². The minimum absolute atomic E-state index is 0.222. The summed E-state index contributed by atoms with van der Waals surface area (Å²) >= 11 is 3.00. The van der Waals surface area contributed by atoms with Crippen molar-refractivity contribution in [3.05, 3.63) is 30.1 Å². The van der Waals surface area contributed by atoms with Crippen LogP contribution >= 0.6 is 23.1 Å². The van der Waals surface area contributed by atoms with Crippen LogP contribution < -0.4 is 5.32 Å². The van der Waals surface area contributed by atoms with E-state index in [0.29, 0.717) is 15.9 Å². The molecular weight excluding hydrogens is 268 g/mol. The molecule has 2 aromatic heterocycles. The predicted octanol–water partition coefficient (Wildman–Crippen LogP) is 2.69. The summed E-state index contributed by atoms with van der Waals surface area (Å²) in [5, 5.41) is 11.6. The number of thioether (sulfide) groups is 1. The molecule has 0 aliphatic rings. The molecule has 18 heavy (non-hydrogen) atoms. The largest absolute Gasteiger partial charge is 0.296 e. The highest BCUT2D eigenvalue weighted by molar-refractivity contribution is 8.01. The summed E-state index contributed by atoms with van der Waals surface area (Å²) in [5.74, 6) is -0.222. The van der Waals surface area contributed by atoms with Gasteiger partial charge in [-0.3, -0.25) is 15.1 Å². The molecule has 0 aliphatic heterocycles. The van der Waals surface area contributed by atoms with Gasteiger partial charge in [0.05, 0.1) is 5.56 Å². The van der Waals surface area contributed by atoms with E-state index in [4.69, 9.17) is 0 Å². The SMILES string of the molecule is CC(C)Sc1nnc(NC(=O)c2cccnc2)s1. The van der Waals surface area contributed by atoms with Gasteiger partial charge in [-0.25, -0.2) is 0 Å². The third kappa shape index (κ3) is 3.51. The first-order valence-corrected chi connectivity index (χ1v) is 7.06. The van der Waals surface area contributed by atoms with Gasteiger partial charge >= 0.3 is 0 Å². The first-order chi connectivity index (χ1) is 8.65. The van der Waals surface area contributed by atoms with Crippen molar-refractivity contribution in [1.82, 2.24) is 15.2 Å². The van der Waals surface area contributed by atoms with Gasteiger partial charge in [-0.2, -0.15) is 0 Å². The number of pyridine rings is 1. The van der Waals surface area contributed by atoms with E-state index in [1.165, 1.54) is 17.5 Å². The van der Waals surface area contributed by atoms with Crippen molar-refractivity contribution in [3.63, 3.8) is 0 Å². The molecule has 0 saturated heterocycles. The van der Waals surface area contributed by atoms with Gasteiger partial charge in [0, 0.05) is 17.6 Å². The standard InChI is InChI=1S/C11H12N4OS2/c1-7(2)17-11-15-14-10(18-11)13-9(16)8-4-3-5-12-6-8/h3-7H,1-2H3,(H,13,14,16). The Morgan fingerprint density at radius 1 is 1.44 bits per heavy atom. The highest BCUT2D eigenvalue weighted by Gasteiger charge is 2.11. The zero-order chi connectivity index (χ0) is 13.0. The summed E-state index contributed by atoms with van der Waals surface area (Å²) < 4.78 is 0.853. The van der Waals surface area contributed by atoms with Crippen molar-refractivity contribution >= 4 is 34.1 Å². The molecule has 2 rings (SSSR count). The molecule has 0 spiro atoms. The van der Waals surface area contributed by atoms with Crippen LogP contribution in [0.3, 0.4) is 0 Å². The molecular formula is C11H12N4OS2. The van der Waals surface area contributed by atoms with E-state index < -0.39 is 0 Å². The molecule has 94 valence electrons. The van der Waals surface area contributed by atoms with E-state index in [-0.39, 0.29) is 5.91 Å². The smallest absolute Gasteiger partial charge is 0.259 e. The van der Waals surface area contributed by atoms with Crippen LogP contribution in [0.15, 0.2) is 28.9 Å². The second-order valence-electron chi connectivity index (χ2n) is 3.74. The van der Waals surface area contributed by atoms with E-state index in [1.54, 1.807) is 30.1 Å². The fraction of sp³-hybridized carbons (Fsp3) is 0.273. The van der Waals surface area contributed by atoms with Crippen LogP contribution in [0, 0.1) is 0 Å². The van der Waals surface area contributed by atoms with E-state index in [1.807, 2.05) is 0 Å². The van der Waals surface area contributed by atoms with E-state index in [9.17, 15) is 4.79 Å². The average Bonchev–Trinajstić information content (AvgIpc) is 2.76. The molecule has 0 aromatic carbocycles. The highest BCUT2D eigenvalue weighted by Crippen LogP contribution is 2.28. The molecule has 1 N–H and O–H groups in total. The summed E-state index contributed by atoms with van der Waals surface area (Å²) in [7, 11) is 0. The van der Waals surface area contributed by atoms with Gasteiger partial charge in [-0.1, -0.05) is 36.9 Å². The summed E-state index contributed by atoms with van der Waals surface area (Å²) in [6, 6.07) is 3.42. The molecule has 2 aromatic rings. The van der Waals surface area contributed by atoms with E-state index >= 15 is 0 Å². The zero-order valence-electron chi connectivity index (χ0n) is 9.95. The van der Waals surface area contributed by atoms with Gasteiger partial charge in [0.15, 0.2) is 4.34 Å². The quantitative estimate of drug-likeness (QED) is 0.689. The predicted molar refractivity (Wildman–Crippen MR) is 73.1 cm³/mol. The maximum absolute atomic E-state index is 11.8. The molecule has 0 aliphatic carbocycles. The highest BCUT2D eigenvalue weighted by atomic mass is 32.2. The van der Waals surface area contributed by atoms with Gasteiger partial charge in [-0.15, -0.1) is 10.2 Å². The van der Waals surface area contributed by atoms with Crippen LogP contribution in [0.5, 0.6) is 0 Å². The molecule has 0 atom stereocenters. The van der Waals surface area contributed by atoms with Crippen molar-refractivity contribution in [3.8, 4) is 0 Å². The first kappa shape index (κ1) is 13.0. The molecule has 0 saturated carbocycles. The Balaban J connectivity index is 2.01. The number of anilines is 1. The summed E-state index contributed by atoms with van der Waals surface area (Å²) in [6.07, 6.45) is 3.14. The van der Waals surface area contributed by atoms with Gasteiger partial charge < -0.3 is 0 Å². The lowest BCUT2D eigenvalue weighted by Gasteiger charge is -1.99. The van der Waals surface area contributed by atoms with Crippen LogP contribution in [-0.4, -0.2) is 26.3 Å². The fourth-order valence-electron chi connectivity index (χ4n) is 1.18. The van der Waals surface area contributed by atoms with Crippen LogP contribution in [0.1, 0.15) is 24.2 Å². The van der Waals surface area contributed by atoms with Crippen LogP contribution in [0.25, 0.3) is 0 Å². The summed E-state index contributed by atoms with van der Waals surface area (Å²) in [4.78, 5) is 15.7. The van der Waals surface area contributed by atoms with Crippen LogP contribution in [0.4, 0.5) is 5.13 Å². The second kappa shape index (κ2) is 5.92. The van der Waals surface area contributed by atoms with Crippen molar-refractivity contribution < 1.29 is 4.79 Å². The van der Waals surface area contributed by atoms with Crippen LogP contribution in [-0.2, 0) is 0 Å². The summed E-state index contributed by atoms with van der Waals surface area (Å²) in [6.45, 7) is 4.17. The number of amides is 1. The molecule has 0 fully saturated rings. The normalized spacial score (nSPS) is 10.6. The Morgan fingerprint density at radius 3 is 2.94 bits per heavy atom. The number of hydrogen-bond donors (Lipinski definition) is 1. The molecule has 7 heteroatoms. The van der Waals surface area contributed by atoms with E-state index in [2.05, 4.69) is 34.3 Å². The van der Waals surface area contributed by atoms with Crippen LogP contribution in [0.2, 0.25) is 0 Å². The molecule has 5 nitrogen and oxygen atoms in total. The number of nitrogens with zero attached hydrogens (tertiary/aromatic N) is 3. The van der Waals surface area contributed by atoms with Crippen molar-refractivity contribution in [1.29, 1.82) is 0 Å². The number of rotatable bonds is 4. The minimum Gasteiger partial charge on any atom is -0.296 e. The Kier molecular flexibility index (Phi) is 4.27.